The summed E-state index contributed by atoms with van der Waals surface area (Å²) >= 11 is 0. The molecule has 0 aliphatic heterocycles. The van der Waals surface area contributed by atoms with Crippen LogP contribution in [0.4, 0.5) is 0 Å². The molecule has 220 valence electrons. The van der Waals surface area contributed by atoms with Crippen molar-refractivity contribution >= 4 is 17.9 Å². The first-order valence-electron chi connectivity index (χ1n) is 15.0. The lowest BCUT2D eigenvalue weighted by Gasteiger charge is -2.16. The van der Waals surface area contributed by atoms with E-state index in [4.69, 9.17) is 9.47 Å². The van der Waals surface area contributed by atoms with Crippen LogP contribution >= 0.6 is 0 Å². The molecule has 0 heterocycles. The molecule has 0 fully saturated rings. The summed E-state index contributed by atoms with van der Waals surface area (Å²) < 4.78 is 11.2. The minimum absolute atomic E-state index is 0.0485. The first-order valence-corrected chi connectivity index (χ1v) is 15.0. The highest BCUT2D eigenvalue weighted by atomic mass is 16.5. The highest BCUT2D eigenvalue weighted by Gasteiger charge is 2.26. The number of rotatable bonds is 19. The fourth-order valence-corrected chi connectivity index (χ4v) is 4.68. The summed E-state index contributed by atoms with van der Waals surface area (Å²) in [7, 11) is 0. The summed E-state index contributed by atoms with van der Waals surface area (Å²) in [4.78, 5) is 38.5. The Kier molecular flexibility index (Phi) is 15.1. The molecule has 40 heavy (non-hydrogen) atoms. The molecule has 6 heteroatoms. The second kappa shape index (κ2) is 18.2. The molecule has 0 atom stereocenters. The van der Waals surface area contributed by atoms with Gasteiger partial charge in [0, 0.05) is 0 Å². The number of esters is 2. The number of benzene rings is 2. The Hall–Kier alpha value is -3.15. The monoisotopic (exact) mass is 552 g/mol. The quantitative estimate of drug-likeness (QED) is 0.139. The Bertz CT molecular complexity index is 1060. The first-order chi connectivity index (χ1) is 19.2. The average molecular weight is 553 g/mol. The van der Waals surface area contributed by atoms with Crippen LogP contribution in [0.1, 0.15) is 134 Å². The van der Waals surface area contributed by atoms with Crippen molar-refractivity contribution in [2.75, 3.05) is 13.2 Å². The highest BCUT2D eigenvalue weighted by molar-refractivity contribution is 6.06. The van der Waals surface area contributed by atoms with E-state index in [1.54, 1.807) is 0 Å². The van der Waals surface area contributed by atoms with Crippen molar-refractivity contribution in [2.24, 2.45) is 11.8 Å². The van der Waals surface area contributed by atoms with E-state index in [1.807, 2.05) is 30.3 Å². The zero-order valence-corrected chi connectivity index (χ0v) is 24.9. The summed E-state index contributed by atoms with van der Waals surface area (Å²) in [6, 6.07) is 12.1. The third-order valence-electron chi connectivity index (χ3n) is 6.95. The van der Waals surface area contributed by atoms with Gasteiger partial charge in [0.15, 0.2) is 0 Å². The number of unbranched alkanes of at least 4 members (excludes halogenated alkanes) is 6. The average Bonchev–Trinajstić information content (AvgIpc) is 2.91. The van der Waals surface area contributed by atoms with Crippen molar-refractivity contribution in [3.63, 3.8) is 0 Å². The Labute approximate surface area is 240 Å². The minimum Gasteiger partial charge on any atom is -0.478 e. The van der Waals surface area contributed by atoms with Gasteiger partial charge in [0.25, 0.3) is 0 Å². The van der Waals surface area contributed by atoms with E-state index in [2.05, 4.69) is 27.7 Å². The van der Waals surface area contributed by atoms with Gasteiger partial charge in [-0.05, 0) is 54.4 Å². The highest BCUT2D eigenvalue weighted by Crippen LogP contribution is 2.24. The van der Waals surface area contributed by atoms with E-state index >= 15 is 0 Å². The Balaban J connectivity index is 2.18. The third-order valence-corrected chi connectivity index (χ3v) is 6.95. The first kappa shape index (κ1) is 33.1. The molecule has 0 radical (unpaired) electrons. The Morgan fingerprint density at radius 1 is 0.700 bits per heavy atom. The number of carbonyl (C=O) groups is 3. The molecule has 2 aromatic rings. The Morgan fingerprint density at radius 2 is 1.23 bits per heavy atom. The molecule has 1 N–H and O–H groups in total. The largest absolute Gasteiger partial charge is 0.478 e. The van der Waals surface area contributed by atoms with Gasteiger partial charge in [-0.15, -0.1) is 0 Å². The molecule has 2 rings (SSSR count). The summed E-state index contributed by atoms with van der Waals surface area (Å²) in [5.74, 6) is -1.13. The molecule has 0 spiro atoms. The number of carboxylic acids is 1. The number of carboxylic acid groups (broad SMARTS) is 1. The summed E-state index contributed by atoms with van der Waals surface area (Å²) in [6.45, 7) is 9.29. The number of hydrogen-bond donors (Lipinski definition) is 1. The SMILES string of the molecule is CC(C)CCCCCCOC(=O)c1cc(C(=O)O)cc(Cc2ccccc2)c1C(=O)OCCCCCCC(C)C. The molecule has 6 nitrogen and oxygen atoms in total. The van der Waals surface area contributed by atoms with E-state index in [0.717, 1.165) is 56.9 Å². The maximum Gasteiger partial charge on any atom is 0.339 e. The molecule has 0 saturated carbocycles. The van der Waals surface area contributed by atoms with Crippen molar-refractivity contribution in [2.45, 2.75) is 98.3 Å². The number of carbonyl (C=O) groups excluding carboxylic acids is 2. The number of ether oxygens (including phenoxy) is 2. The molecule has 2 aromatic carbocycles. The second-order valence-corrected chi connectivity index (χ2v) is 11.5. The fourth-order valence-electron chi connectivity index (χ4n) is 4.68. The van der Waals surface area contributed by atoms with Crippen LogP contribution in [0, 0.1) is 11.8 Å². The van der Waals surface area contributed by atoms with Crippen molar-refractivity contribution < 1.29 is 29.0 Å². The predicted octanol–water partition coefficient (Wildman–Crippen LogP) is 8.50. The lowest BCUT2D eigenvalue weighted by atomic mass is 9.93. The van der Waals surface area contributed by atoms with Gasteiger partial charge >= 0.3 is 17.9 Å². The van der Waals surface area contributed by atoms with Gasteiger partial charge in [0.05, 0.1) is 29.9 Å². The molecule has 0 saturated heterocycles. The van der Waals surface area contributed by atoms with Gasteiger partial charge in [-0.2, -0.15) is 0 Å². The molecular formula is C34H48O6. The van der Waals surface area contributed by atoms with Crippen molar-refractivity contribution in [3.8, 4) is 0 Å². The third kappa shape index (κ3) is 12.4. The standard InChI is InChI=1S/C34H48O6/c1-25(2)16-10-5-7-14-20-39-33(37)30-24-29(32(35)36)23-28(22-27-18-12-9-13-19-27)31(30)34(38)40-21-15-8-6-11-17-26(3)4/h9,12-13,18-19,23-26H,5-8,10-11,14-17,20-22H2,1-4H3,(H,35,36). The molecule has 0 aliphatic carbocycles. The van der Waals surface area contributed by atoms with Gasteiger partial charge in [0.1, 0.15) is 0 Å². The van der Waals surface area contributed by atoms with Gasteiger partial charge in [-0.25, -0.2) is 14.4 Å². The lowest BCUT2D eigenvalue weighted by Crippen LogP contribution is -2.19. The Morgan fingerprint density at radius 3 is 1.75 bits per heavy atom. The lowest BCUT2D eigenvalue weighted by molar-refractivity contribution is 0.0449. The van der Waals surface area contributed by atoms with Gasteiger partial charge in [0.2, 0.25) is 0 Å². The van der Waals surface area contributed by atoms with Crippen LogP contribution in [-0.2, 0) is 15.9 Å². The summed E-state index contributed by atoms with van der Waals surface area (Å²) in [6.07, 6.45) is 10.5. The fraction of sp³-hybridized carbons (Fsp3) is 0.559. The summed E-state index contributed by atoms with van der Waals surface area (Å²) in [5, 5.41) is 9.76. The van der Waals surface area contributed by atoms with Gasteiger partial charge < -0.3 is 14.6 Å². The van der Waals surface area contributed by atoms with Gasteiger partial charge in [-0.1, -0.05) is 109 Å². The molecule has 0 aromatic heterocycles. The maximum atomic E-state index is 13.4. The van der Waals surface area contributed by atoms with E-state index in [-0.39, 0.29) is 36.3 Å². The molecule has 0 aliphatic rings. The van der Waals surface area contributed by atoms with Crippen LogP contribution in [0.2, 0.25) is 0 Å². The van der Waals surface area contributed by atoms with Crippen LogP contribution in [0.5, 0.6) is 0 Å². The van der Waals surface area contributed by atoms with E-state index in [1.165, 1.54) is 25.0 Å². The van der Waals surface area contributed by atoms with Crippen molar-refractivity contribution in [1.82, 2.24) is 0 Å². The van der Waals surface area contributed by atoms with Gasteiger partial charge in [-0.3, -0.25) is 0 Å². The van der Waals surface area contributed by atoms with E-state index in [9.17, 15) is 19.5 Å². The van der Waals surface area contributed by atoms with Crippen LogP contribution in [0.15, 0.2) is 42.5 Å². The molecule has 0 unspecified atom stereocenters. The zero-order valence-electron chi connectivity index (χ0n) is 24.9. The predicted molar refractivity (Wildman–Crippen MR) is 159 cm³/mol. The number of aromatic carboxylic acids is 1. The molecule has 0 bridgehead atoms. The second-order valence-electron chi connectivity index (χ2n) is 11.5. The minimum atomic E-state index is -1.17. The molecule has 0 amide bonds. The van der Waals surface area contributed by atoms with E-state index < -0.39 is 17.9 Å². The van der Waals surface area contributed by atoms with E-state index in [0.29, 0.717) is 17.4 Å². The summed E-state index contributed by atoms with van der Waals surface area (Å²) in [5.41, 5.74) is 1.31. The topological polar surface area (TPSA) is 89.9 Å². The van der Waals surface area contributed by atoms with Crippen molar-refractivity contribution in [3.05, 3.63) is 70.3 Å². The normalized spacial score (nSPS) is 11.2. The van der Waals surface area contributed by atoms with Crippen LogP contribution in [0.25, 0.3) is 0 Å². The molecular weight excluding hydrogens is 504 g/mol. The smallest absolute Gasteiger partial charge is 0.339 e. The van der Waals surface area contributed by atoms with Crippen LogP contribution < -0.4 is 0 Å². The van der Waals surface area contributed by atoms with Crippen LogP contribution in [-0.4, -0.2) is 36.2 Å². The number of hydrogen-bond acceptors (Lipinski definition) is 5. The maximum absolute atomic E-state index is 13.4. The van der Waals surface area contributed by atoms with Crippen molar-refractivity contribution in [1.29, 1.82) is 0 Å². The zero-order chi connectivity index (χ0) is 29.3. The van der Waals surface area contributed by atoms with Crippen LogP contribution in [0.3, 0.4) is 0 Å².